The van der Waals surface area contributed by atoms with Crippen molar-refractivity contribution >= 4 is 34.1 Å². The molecule has 0 amide bonds. The summed E-state index contributed by atoms with van der Waals surface area (Å²) < 4.78 is 0. The second kappa shape index (κ2) is 11.4. The van der Waals surface area contributed by atoms with Gasteiger partial charge >= 0.3 is 0 Å². The van der Waals surface area contributed by atoms with E-state index in [9.17, 15) is 0 Å². The third-order valence-corrected chi connectivity index (χ3v) is 11.0. The third kappa shape index (κ3) is 4.63. The van der Waals surface area contributed by atoms with E-state index >= 15 is 0 Å². The molecule has 0 aromatic heterocycles. The van der Waals surface area contributed by atoms with Gasteiger partial charge in [-0.05, 0) is 105 Å². The van der Waals surface area contributed by atoms with Crippen molar-refractivity contribution in [3.63, 3.8) is 0 Å². The Balaban J connectivity index is 1.10. The number of anilines is 6. The van der Waals surface area contributed by atoms with E-state index in [4.69, 9.17) is 0 Å². The molecule has 0 spiro atoms. The standard InChI is InChI=1S/C48H40N2/c1-47(2)39-19-11-13-21-43(39)49(37-15-7-5-8-16-37)45-29-27-35(31-41(45)47)33-23-25-34(26-24-33)36-28-30-46-42(32-36)48(3,4)40-20-12-14-22-44(40)50(46)38-17-9-6-10-18-38/h5-32H,1-4H3. The fourth-order valence-electron chi connectivity index (χ4n) is 8.33. The summed E-state index contributed by atoms with van der Waals surface area (Å²) in [5.74, 6) is 0. The molecule has 2 heteroatoms. The molecular formula is C48H40N2. The maximum atomic E-state index is 2.41. The van der Waals surface area contributed by atoms with Gasteiger partial charge in [0, 0.05) is 22.2 Å². The average molecular weight is 645 g/mol. The number of fused-ring (bicyclic) bond motifs is 4. The molecular weight excluding hydrogens is 605 g/mol. The zero-order valence-electron chi connectivity index (χ0n) is 29.1. The second-order valence-electron chi connectivity index (χ2n) is 14.7. The van der Waals surface area contributed by atoms with E-state index in [1.165, 1.54) is 78.6 Å². The predicted molar refractivity (Wildman–Crippen MR) is 211 cm³/mol. The van der Waals surface area contributed by atoms with Gasteiger partial charge in [0.05, 0.1) is 22.7 Å². The normalized spacial score (nSPS) is 15.0. The summed E-state index contributed by atoms with van der Waals surface area (Å²) in [6, 6.07) is 62.3. The minimum absolute atomic E-state index is 0.144. The van der Waals surface area contributed by atoms with Crippen LogP contribution in [0, 0.1) is 0 Å². The minimum atomic E-state index is -0.144. The molecule has 50 heavy (non-hydrogen) atoms. The van der Waals surface area contributed by atoms with Crippen molar-refractivity contribution in [2.75, 3.05) is 9.80 Å². The average Bonchev–Trinajstić information content (AvgIpc) is 3.16. The highest BCUT2D eigenvalue weighted by Crippen LogP contribution is 2.54. The van der Waals surface area contributed by atoms with E-state index in [0.29, 0.717) is 0 Å². The summed E-state index contributed by atoms with van der Waals surface area (Å²) in [7, 11) is 0. The number of hydrogen-bond acceptors (Lipinski definition) is 2. The molecule has 2 nitrogen and oxygen atoms in total. The topological polar surface area (TPSA) is 6.48 Å². The molecule has 0 unspecified atom stereocenters. The fraction of sp³-hybridized carbons (Fsp3) is 0.125. The Bertz CT molecular complexity index is 2200. The summed E-state index contributed by atoms with van der Waals surface area (Å²) >= 11 is 0. The van der Waals surface area contributed by atoms with Gasteiger partial charge in [-0.15, -0.1) is 0 Å². The molecule has 0 N–H and O–H groups in total. The van der Waals surface area contributed by atoms with Crippen LogP contribution in [0.25, 0.3) is 22.3 Å². The van der Waals surface area contributed by atoms with Crippen LogP contribution in [0.2, 0.25) is 0 Å². The lowest BCUT2D eigenvalue weighted by molar-refractivity contribution is 0.632. The lowest BCUT2D eigenvalue weighted by Gasteiger charge is -2.42. The summed E-state index contributed by atoms with van der Waals surface area (Å²) in [6.45, 7) is 9.42. The molecule has 0 bridgehead atoms. The van der Waals surface area contributed by atoms with E-state index in [-0.39, 0.29) is 10.8 Å². The van der Waals surface area contributed by atoms with Gasteiger partial charge in [0.1, 0.15) is 0 Å². The number of rotatable bonds is 4. The molecule has 0 saturated carbocycles. The van der Waals surface area contributed by atoms with Crippen molar-refractivity contribution in [3.8, 4) is 22.3 Å². The first kappa shape index (κ1) is 30.2. The summed E-state index contributed by atoms with van der Waals surface area (Å²) in [4.78, 5) is 4.83. The van der Waals surface area contributed by atoms with Crippen molar-refractivity contribution in [1.82, 2.24) is 0 Å². The van der Waals surface area contributed by atoms with Crippen LogP contribution in [0.1, 0.15) is 49.9 Å². The Morgan fingerprint density at radius 1 is 0.300 bits per heavy atom. The number of nitrogens with zero attached hydrogens (tertiary/aromatic N) is 2. The quantitative estimate of drug-likeness (QED) is 0.188. The first-order chi connectivity index (χ1) is 24.3. The highest BCUT2D eigenvalue weighted by atomic mass is 15.2. The minimum Gasteiger partial charge on any atom is -0.310 e. The Morgan fingerprint density at radius 3 is 1.02 bits per heavy atom. The van der Waals surface area contributed by atoms with Gasteiger partial charge in [-0.1, -0.05) is 137 Å². The molecule has 2 aliphatic heterocycles. The van der Waals surface area contributed by atoms with Crippen LogP contribution in [0.5, 0.6) is 0 Å². The molecule has 2 heterocycles. The zero-order valence-corrected chi connectivity index (χ0v) is 29.1. The summed E-state index contributed by atoms with van der Waals surface area (Å²) in [5.41, 5.74) is 17.3. The Labute approximate surface area is 295 Å². The molecule has 0 radical (unpaired) electrons. The SMILES string of the molecule is CC1(C)c2ccccc2N(c2ccccc2)c2ccc(-c3ccc(-c4ccc5c(c4)C(C)(C)c4ccccc4N5c4ccccc4)cc3)cc21. The number of hydrogen-bond donors (Lipinski definition) is 0. The van der Waals surface area contributed by atoms with Crippen molar-refractivity contribution in [2.24, 2.45) is 0 Å². The van der Waals surface area contributed by atoms with E-state index < -0.39 is 0 Å². The van der Waals surface area contributed by atoms with Crippen LogP contribution in [0.3, 0.4) is 0 Å². The first-order valence-electron chi connectivity index (χ1n) is 17.6. The molecule has 0 aliphatic carbocycles. The van der Waals surface area contributed by atoms with E-state index in [1.807, 2.05) is 0 Å². The van der Waals surface area contributed by atoms with Crippen molar-refractivity contribution in [1.29, 1.82) is 0 Å². The second-order valence-corrected chi connectivity index (χ2v) is 14.7. The Morgan fingerprint density at radius 2 is 0.620 bits per heavy atom. The van der Waals surface area contributed by atoms with Gasteiger partial charge in [0.25, 0.3) is 0 Å². The van der Waals surface area contributed by atoms with E-state index in [0.717, 1.165) is 0 Å². The van der Waals surface area contributed by atoms with E-state index in [1.54, 1.807) is 0 Å². The first-order valence-corrected chi connectivity index (χ1v) is 17.6. The van der Waals surface area contributed by atoms with Crippen molar-refractivity contribution in [3.05, 3.63) is 192 Å². The molecule has 9 rings (SSSR count). The van der Waals surface area contributed by atoms with Crippen LogP contribution in [0.4, 0.5) is 34.1 Å². The maximum absolute atomic E-state index is 2.41. The summed E-state index contributed by atoms with van der Waals surface area (Å²) in [5, 5.41) is 0. The van der Waals surface area contributed by atoms with Gasteiger partial charge in [-0.3, -0.25) is 0 Å². The molecule has 242 valence electrons. The Hall–Kier alpha value is -5.86. The van der Waals surface area contributed by atoms with Gasteiger partial charge in [0.15, 0.2) is 0 Å². The van der Waals surface area contributed by atoms with Gasteiger partial charge < -0.3 is 9.80 Å². The van der Waals surface area contributed by atoms with Crippen LogP contribution >= 0.6 is 0 Å². The number of para-hydroxylation sites is 4. The van der Waals surface area contributed by atoms with Crippen molar-refractivity contribution < 1.29 is 0 Å². The molecule has 7 aromatic carbocycles. The van der Waals surface area contributed by atoms with E-state index in [2.05, 4.69) is 207 Å². The third-order valence-electron chi connectivity index (χ3n) is 11.0. The zero-order chi connectivity index (χ0) is 34.0. The van der Waals surface area contributed by atoms with Crippen LogP contribution in [-0.2, 0) is 10.8 Å². The summed E-state index contributed by atoms with van der Waals surface area (Å²) in [6.07, 6.45) is 0. The lowest BCUT2D eigenvalue weighted by atomic mass is 9.72. The molecule has 0 saturated heterocycles. The lowest BCUT2D eigenvalue weighted by Crippen LogP contribution is -2.30. The maximum Gasteiger partial charge on any atom is 0.0503 e. The fourth-order valence-corrected chi connectivity index (χ4v) is 8.33. The van der Waals surface area contributed by atoms with Crippen molar-refractivity contribution in [2.45, 2.75) is 38.5 Å². The van der Waals surface area contributed by atoms with Crippen LogP contribution in [-0.4, -0.2) is 0 Å². The van der Waals surface area contributed by atoms with Crippen LogP contribution < -0.4 is 9.80 Å². The number of benzene rings is 7. The molecule has 7 aromatic rings. The van der Waals surface area contributed by atoms with Gasteiger partial charge in [0.2, 0.25) is 0 Å². The monoisotopic (exact) mass is 644 g/mol. The van der Waals surface area contributed by atoms with Gasteiger partial charge in [-0.25, -0.2) is 0 Å². The smallest absolute Gasteiger partial charge is 0.0503 e. The van der Waals surface area contributed by atoms with Crippen LogP contribution in [0.15, 0.2) is 170 Å². The molecule has 0 atom stereocenters. The molecule has 0 fully saturated rings. The molecule has 2 aliphatic rings. The predicted octanol–water partition coefficient (Wildman–Crippen LogP) is 13.2. The highest BCUT2D eigenvalue weighted by Gasteiger charge is 2.38. The highest BCUT2D eigenvalue weighted by molar-refractivity contribution is 5.89. The largest absolute Gasteiger partial charge is 0.310 e. The van der Waals surface area contributed by atoms with Gasteiger partial charge in [-0.2, -0.15) is 0 Å². The Kier molecular flexibility index (Phi) is 6.86.